The number of pyridine rings is 1. The first kappa shape index (κ1) is 20.7. The highest BCUT2D eigenvalue weighted by Crippen LogP contribution is 2.26. The summed E-state index contributed by atoms with van der Waals surface area (Å²) in [6.45, 7) is 8.13. The zero-order valence-corrected chi connectivity index (χ0v) is 17.7. The molecule has 2 heterocycles. The second-order valence-electron chi connectivity index (χ2n) is 7.80. The summed E-state index contributed by atoms with van der Waals surface area (Å²) in [5, 5.41) is 15.0. The van der Waals surface area contributed by atoms with E-state index < -0.39 is 13.0 Å². The molecule has 0 fully saturated rings. The normalized spacial score (nSPS) is 11.4. The summed E-state index contributed by atoms with van der Waals surface area (Å²) >= 11 is 0. The van der Waals surface area contributed by atoms with Crippen molar-refractivity contribution in [3.05, 3.63) is 65.0 Å². The van der Waals surface area contributed by atoms with Crippen molar-refractivity contribution in [1.29, 1.82) is 0 Å². The van der Waals surface area contributed by atoms with Crippen LogP contribution >= 0.6 is 0 Å². The fraction of sp³-hybridized carbons (Fsp3) is 0.300. The molecule has 0 aliphatic heterocycles. The highest BCUT2D eigenvalue weighted by molar-refractivity contribution is 6.76. The minimum atomic E-state index is -1.11. The van der Waals surface area contributed by atoms with Crippen LogP contribution in [0.5, 0.6) is 11.5 Å². The molecule has 1 aromatic carbocycles. The van der Waals surface area contributed by atoms with Gasteiger partial charge < -0.3 is 19.6 Å². The van der Waals surface area contributed by atoms with Crippen LogP contribution in [0.4, 0.5) is 5.82 Å². The minimum Gasteiger partial charge on any atom is -0.453 e. The standard InChI is InChI=1S/C20H24N4O4Si/c1-29(2,3)13-12-27-15-23-19(10-11-22-23)16-4-6-17(7-5-16)28-18-8-9-20(21-14-18)24(25)26/h4-11,14H,12-13,15H2,1-3H3. The van der Waals surface area contributed by atoms with Crippen LogP contribution in [0.25, 0.3) is 11.3 Å². The highest BCUT2D eigenvalue weighted by atomic mass is 28.3. The molecule has 0 aliphatic rings. The molecule has 0 saturated carbocycles. The van der Waals surface area contributed by atoms with Gasteiger partial charge in [-0.2, -0.15) is 5.10 Å². The Morgan fingerprint density at radius 3 is 2.41 bits per heavy atom. The van der Waals surface area contributed by atoms with E-state index >= 15 is 0 Å². The Bertz CT molecular complexity index is 950. The van der Waals surface area contributed by atoms with Crippen molar-refractivity contribution in [3.8, 4) is 22.8 Å². The molecule has 0 radical (unpaired) electrons. The molecular formula is C20H24N4O4Si. The van der Waals surface area contributed by atoms with Crippen LogP contribution in [0.1, 0.15) is 0 Å². The molecule has 0 N–H and O–H groups in total. The Morgan fingerprint density at radius 2 is 1.79 bits per heavy atom. The monoisotopic (exact) mass is 412 g/mol. The molecule has 0 bridgehead atoms. The number of nitro groups is 1. The Balaban J connectivity index is 1.62. The van der Waals surface area contributed by atoms with E-state index in [2.05, 4.69) is 29.7 Å². The molecule has 3 aromatic rings. The Labute approximate surface area is 170 Å². The zero-order chi connectivity index (χ0) is 20.9. The molecule has 9 heteroatoms. The number of rotatable bonds is 9. The summed E-state index contributed by atoms with van der Waals surface area (Å²) in [5.41, 5.74) is 1.95. The van der Waals surface area contributed by atoms with Gasteiger partial charge in [0.25, 0.3) is 0 Å². The maximum atomic E-state index is 10.7. The Morgan fingerprint density at radius 1 is 1.07 bits per heavy atom. The van der Waals surface area contributed by atoms with Crippen LogP contribution in [-0.2, 0) is 11.5 Å². The Kier molecular flexibility index (Phi) is 6.40. The maximum Gasteiger partial charge on any atom is 0.363 e. The van der Waals surface area contributed by atoms with Crippen molar-refractivity contribution in [3.63, 3.8) is 0 Å². The maximum absolute atomic E-state index is 10.7. The molecule has 0 aliphatic carbocycles. The van der Waals surface area contributed by atoms with E-state index in [-0.39, 0.29) is 5.82 Å². The largest absolute Gasteiger partial charge is 0.453 e. The van der Waals surface area contributed by atoms with Gasteiger partial charge in [-0.25, -0.2) is 4.68 Å². The molecule has 8 nitrogen and oxygen atoms in total. The topological polar surface area (TPSA) is 92.3 Å². The lowest BCUT2D eigenvalue weighted by atomic mass is 10.1. The molecule has 0 atom stereocenters. The van der Waals surface area contributed by atoms with Gasteiger partial charge in [-0.15, -0.1) is 0 Å². The SMILES string of the molecule is C[Si](C)(C)CCOCn1nccc1-c1ccc(Oc2ccc([N+](=O)[O-])nc2)cc1. The van der Waals surface area contributed by atoms with Crippen LogP contribution in [0, 0.1) is 10.1 Å². The second-order valence-corrected chi connectivity index (χ2v) is 13.4. The summed E-state index contributed by atoms with van der Waals surface area (Å²) in [5.74, 6) is 0.832. The van der Waals surface area contributed by atoms with Crippen molar-refractivity contribution in [2.75, 3.05) is 6.61 Å². The van der Waals surface area contributed by atoms with Gasteiger partial charge in [-0.1, -0.05) is 19.6 Å². The lowest BCUT2D eigenvalue weighted by Crippen LogP contribution is -2.22. The molecule has 152 valence electrons. The van der Waals surface area contributed by atoms with Gasteiger partial charge in [-0.05, 0) is 52.3 Å². The van der Waals surface area contributed by atoms with Crippen LogP contribution < -0.4 is 4.74 Å². The number of hydrogen-bond donors (Lipinski definition) is 0. The van der Waals surface area contributed by atoms with Crippen LogP contribution in [0.3, 0.4) is 0 Å². The fourth-order valence-corrected chi connectivity index (χ4v) is 3.34. The van der Waals surface area contributed by atoms with Crippen molar-refractivity contribution >= 4 is 13.9 Å². The summed E-state index contributed by atoms with van der Waals surface area (Å²) in [7, 11) is -1.11. The molecule has 3 rings (SSSR count). The zero-order valence-electron chi connectivity index (χ0n) is 16.7. The summed E-state index contributed by atoms with van der Waals surface area (Å²) in [6.07, 6.45) is 3.09. The van der Waals surface area contributed by atoms with Crippen LogP contribution in [0.2, 0.25) is 25.7 Å². The van der Waals surface area contributed by atoms with Gasteiger partial charge in [0.1, 0.15) is 12.5 Å². The van der Waals surface area contributed by atoms with Gasteiger partial charge in [0.2, 0.25) is 0 Å². The average molecular weight is 413 g/mol. The summed E-state index contributed by atoms with van der Waals surface area (Å²) in [6, 6.07) is 13.4. The quantitative estimate of drug-likeness (QED) is 0.213. The molecule has 29 heavy (non-hydrogen) atoms. The number of nitrogens with zero attached hydrogens (tertiary/aromatic N) is 4. The smallest absolute Gasteiger partial charge is 0.363 e. The predicted molar refractivity (Wildman–Crippen MR) is 113 cm³/mol. The third kappa shape index (κ3) is 5.97. The van der Waals surface area contributed by atoms with Crippen molar-refractivity contribution in [2.24, 2.45) is 0 Å². The van der Waals surface area contributed by atoms with E-state index in [1.54, 1.807) is 6.20 Å². The van der Waals surface area contributed by atoms with Gasteiger partial charge in [0.15, 0.2) is 11.9 Å². The van der Waals surface area contributed by atoms with E-state index in [1.165, 1.54) is 18.3 Å². The first-order valence-electron chi connectivity index (χ1n) is 9.30. The van der Waals surface area contributed by atoms with Crippen molar-refractivity contribution in [2.45, 2.75) is 32.4 Å². The average Bonchev–Trinajstić information content (AvgIpc) is 3.14. The van der Waals surface area contributed by atoms with E-state index in [1.807, 2.05) is 35.0 Å². The summed E-state index contributed by atoms with van der Waals surface area (Å²) < 4.78 is 13.3. The number of benzene rings is 1. The molecule has 0 saturated heterocycles. The fourth-order valence-electron chi connectivity index (χ4n) is 2.58. The minimum absolute atomic E-state index is 0.215. The van der Waals surface area contributed by atoms with Crippen LogP contribution in [-0.4, -0.2) is 34.4 Å². The van der Waals surface area contributed by atoms with Gasteiger partial charge >= 0.3 is 5.82 Å². The van der Waals surface area contributed by atoms with Crippen molar-refractivity contribution < 1.29 is 14.4 Å². The van der Waals surface area contributed by atoms with Crippen molar-refractivity contribution in [1.82, 2.24) is 14.8 Å². The first-order valence-corrected chi connectivity index (χ1v) is 13.0. The molecule has 2 aromatic heterocycles. The second kappa shape index (κ2) is 8.97. The third-order valence-electron chi connectivity index (χ3n) is 4.22. The van der Waals surface area contributed by atoms with Gasteiger partial charge in [-0.3, -0.25) is 0 Å². The van der Waals surface area contributed by atoms with Crippen LogP contribution in [0.15, 0.2) is 54.9 Å². The predicted octanol–water partition coefficient (Wildman–Crippen LogP) is 4.96. The van der Waals surface area contributed by atoms with Gasteiger partial charge in [0, 0.05) is 32.5 Å². The lowest BCUT2D eigenvalue weighted by Gasteiger charge is -2.16. The number of ether oxygens (including phenoxy) is 2. The van der Waals surface area contributed by atoms with E-state index in [9.17, 15) is 10.1 Å². The molecule has 0 unspecified atom stereocenters. The van der Waals surface area contributed by atoms with E-state index in [0.717, 1.165) is 23.9 Å². The Hall–Kier alpha value is -3.04. The number of aromatic nitrogens is 3. The van der Waals surface area contributed by atoms with E-state index in [4.69, 9.17) is 9.47 Å². The lowest BCUT2D eigenvalue weighted by molar-refractivity contribution is -0.389. The highest BCUT2D eigenvalue weighted by Gasteiger charge is 2.13. The molecule has 0 spiro atoms. The third-order valence-corrected chi connectivity index (χ3v) is 5.92. The summed E-state index contributed by atoms with van der Waals surface area (Å²) in [4.78, 5) is 13.9. The first-order chi connectivity index (χ1) is 13.8. The molecule has 0 amide bonds. The van der Waals surface area contributed by atoms with E-state index in [0.29, 0.717) is 18.2 Å². The molecular weight excluding hydrogens is 388 g/mol. The number of hydrogen-bond acceptors (Lipinski definition) is 6. The van der Waals surface area contributed by atoms with Gasteiger partial charge in [0.05, 0.1) is 5.69 Å².